The monoisotopic (exact) mass is 305 g/mol. The molecule has 5 nitrogen and oxygen atoms in total. The van der Waals surface area contributed by atoms with Crippen molar-refractivity contribution in [3.05, 3.63) is 41.2 Å². The van der Waals surface area contributed by atoms with Gasteiger partial charge in [-0.05, 0) is 12.3 Å². The van der Waals surface area contributed by atoms with Crippen LogP contribution in [0, 0.1) is 0 Å². The largest absolute Gasteiger partial charge is 0.347 e. The number of pyridine rings is 1. The van der Waals surface area contributed by atoms with Crippen LogP contribution in [0.15, 0.2) is 30.5 Å². The van der Waals surface area contributed by atoms with E-state index in [9.17, 15) is 9.59 Å². The number of benzene rings is 1. The summed E-state index contributed by atoms with van der Waals surface area (Å²) in [6.07, 6.45) is 1.42. The van der Waals surface area contributed by atoms with Gasteiger partial charge in [0.2, 0.25) is 5.91 Å². The predicted octanol–water partition coefficient (Wildman–Crippen LogP) is 2.09. The second kappa shape index (κ2) is 6.10. The number of nitrogens with one attached hydrogen (secondary N) is 1. The molecule has 1 atom stereocenters. The molecular weight excluding hydrogens is 290 g/mol. The molecule has 0 aliphatic heterocycles. The van der Waals surface area contributed by atoms with Gasteiger partial charge in [-0.1, -0.05) is 35.9 Å². The maximum absolute atomic E-state index is 12.3. The van der Waals surface area contributed by atoms with Crippen molar-refractivity contribution in [3.8, 4) is 0 Å². The second-order valence-electron chi connectivity index (χ2n) is 4.94. The number of carbonyl (C=O) groups excluding carboxylic acids is 2. The molecule has 0 aliphatic rings. The van der Waals surface area contributed by atoms with Crippen LogP contribution in [0.25, 0.3) is 10.8 Å². The van der Waals surface area contributed by atoms with Crippen LogP contribution in [-0.2, 0) is 4.79 Å². The molecule has 1 heterocycles. The number of halogens is 1. The van der Waals surface area contributed by atoms with Gasteiger partial charge in [-0.2, -0.15) is 0 Å². The Morgan fingerprint density at radius 3 is 2.48 bits per heavy atom. The van der Waals surface area contributed by atoms with Gasteiger partial charge in [-0.25, -0.2) is 4.98 Å². The molecule has 0 aliphatic carbocycles. The molecule has 2 aromatic rings. The van der Waals surface area contributed by atoms with Crippen LogP contribution in [0.1, 0.15) is 17.3 Å². The Morgan fingerprint density at radius 1 is 1.24 bits per heavy atom. The number of fused-ring (bicyclic) bond motifs is 1. The van der Waals surface area contributed by atoms with Gasteiger partial charge >= 0.3 is 0 Å². The van der Waals surface area contributed by atoms with Gasteiger partial charge in [0.15, 0.2) is 0 Å². The van der Waals surface area contributed by atoms with Gasteiger partial charge in [0.25, 0.3) is 5.91 Å². The maximum atomic E-state index is 12.3. The van der Waals surface area contributed by atoms with E-state index in [2.05, 4.69) is 10.3 Å². The summed E-state index contributed by atoms with van der Waals surface area (Å²) in [4.78, 5) is 29.6. The van der Waals surface area contributed by atoms with Crippen molar-refractivity contribution < 1.29 is 9.59 Å². The minimum absolute atomic E-state index is 0.172. The third-order valence-corrected chi connectivity index (χ3v) is 3.45. The summed E-state index contributed by atoms with van der Waals surface area (Å²) in [5.74, 6) is -0.521. The summed E-state index contributed by atoms with van der Waals surface area (Å²) in [5.41, 5.74) is 0.397. The number of aromatic nitrogens is 1. The van der Waals surface area contributed by atoms with Crippen LogP contribution < -0.4 is 5.32 Å². The topological polar surface area (TPSA) is 62.3 Å². The molecule has 0 radical (unpaired) electrons. The lowest BCUT2D eigenvalue weighted by Gasteiger charge is -2.18. The third-order valence-electron chi connectivity index (χ3n) is 3.15. The fourth-order valence-corrected chi connectivity index (χ4v) is 2.28. The summed E-state index contributed by atoms with van der Waals surface area (Å²) >= 11 is 6.03. The van der Waals surface area contributed by atoms with Crippen LogP contribution in [0.3, 0.4) is 0 Å². The summed E-state index contributed by atoms with van der Waals surface area (Å²) < 4.78 is 0. The summed E-state index contributed by atoms with van der Waals surface area (Å²) in [7, 11) is 3.29. The van der Waals surface area contributed by atoms with E-state index in [1.54, 1.807) is 33.2 Å². The van der Waals surface area contributed by atoms with Gasteiger partial charge in [0.1, 0.15) is 11.2 Å². The number of likely N-dealkylation sites (N-methyl/N-ethyl adjacent to an activating group) is 1. The number of amides is 2. The normalized spacial score (nSPS) is 12.0. The molecule has 0 spiro atoms. The molecule has 0 fully saturated rings. The van der Waals surface area contributed by atoms with Crippen molar-refractivity contribution in [1.29, 1.82) is 0 Å². The summed E-state index contributed by atoms with van der Waals surface area (Å²) in [6, 6.07) is 6.65. The highest BCUT2D eigenvalue weighted by molar-refractivity contribution is 6.34. The second-order valence-corrected chi connectivity index (χ2v) is 5.29. The SMILES string of the molecule is CC(NC(=O)c1cnc(Cl)c2ccccc12)C(=O)N(C)C. The van der Waals surface area contributed by atoms with E-state index in [0.29, 0.717) is 21.5 Å². The van der Waals surface area contributed by atoms with Crippen molar-refractivity contribution >= 4 is 34.2 Å². The van der Waals surface area contributed by atoms with E-state index in [1.165, 1.54) is 11.1 Å². The Morgan fingerprint density at radius 2 is 1.86 bits per heavy atom. The zero-order valence-corrected chi connectivity index (χ0v) is 12.8. The summed E-state index contributed by atoms with van der Waals surface area (Å²) in [6.45, 7) is 1.64. The molecule has 2 rings (SSSR count). The lowest BCUT2D eigenvalue weighted by atomic mass is 10.1. The molecule has 0 bridgehead atoms. The standard InChI is InChI=1S/C15H16ClN3O2/c1-9(15(21)19(2)3)18-14(20)12-8-17-13(16)11-7-5-4-6-10(11)12/h4-9H,1-3H3,(H,18,20). The van der Waals surface area contributed by atoms with Crippen molar-refractivity contribution in [2.75, 3.05) is 14.1 Å². The molecule has 110 valence electrons. The number of carbonyl (C=O) groups is 2. The lowest BCUT2D eigenvalue weighted by Crippen LogP contribution is -2.44. The Kier molecular flexibility index (Phi) is 4.43. The number of nitrogens with zero attached hydrogens (tertiary/aromatic N) is 2. The van der Waals surface area contributed by atoms with E-state index >= 15 is 0 Å². The minimum atomic E-state index is -0.609. The third kappa shape index (κ3) is 3.13. The Bertz CT molecular complexity index is 700. The zero-order chi connectivity index (χ0) is 15.6. The van der Waals surface area contributed by atoms with Gasteiger partial charge in [-0.3, -0.25) is 9.59 Å². The number of hydrogen-bond acceptors (Lipinski definition) is 3. The smallest absolute Gasteiger partial charge is 0.254 e. The fraction of sp³-hybridized carbons (Fsp3) is 0.267. The minimum Gasteiger partial charge on any atom is -0.347 e. The molecule has 1 aromatic carbocycles. The first-order valence-electron chi connectivity index (χ1n) is 6.47. The van der Waals surface area contributed by atoms with Gasteiger partial charge in [0.05, 0.1) is 5.56 Å². The number of hydrogen-bond donors (Lipinski definition) is 1. The highest BCUT2D eigenvalue weighted by atomic mass is 35.5. The average molecular weight is 306 g/mol. The number of rotatable bonds is 3. The molecule has 21 heavy (non-hydrogen) atoms. The van der Waals surface area contributed by atoms with Crippen molar-refractivity contribution in [1.82, 2.24) is 15.2 Å². The Balaban J connectivity index is 2.32. The van der Waals surface area contributed by atoms with Crippen LogP contribution in [0.5, 0.6) is 0 Å². The van der Waals surface area contributed by atoms with Crippen molar-refractivity contribution in [3.63, 3.8) is 0 Å². The van der Waals surface area contributed by atoms with Crippen molar-refractivity contribution in [2.45, 2.75) is 13.0 Å². The molecular formula is C15H16ClN3O2. The first kappa shape index (κ1) is 15.3. The predicted molar refractivity (Wildman–Crippen MR) is 82.4 cm³/mol. The first-order chi connectivity index (χ1) is 9.91. The Labute approximate surface area is 127 Å². The lowest BCUT2D eigenvalue weighted by molar-refractivity contribution is -0.130. The van der Waals surface area contributed by atoms with Gasteiger partial charge in [0, 0.05) is 25.7 Å². The first-order valence-corrected chi connectivity index (χ1v) is 6.85. The van der Waals surface area contributed by atoms with Crippen LogP contribution >= 0.6 is 11.6 Å². The van der Waals surface area contributed by atoms with Crippen molar-refractivity contribution in [2.24, 2.45) is 0 Å². The maximum Gasteiger partial charge on any atom is 0.254 e. The quantitative estimate of drug-likeness (QED) is 0.883. The van der Waals surface area contributed by atoms with E-state index in [-0.39, 0.29) is 11.8 Å². The molecule has 2 amide bonds. The molecule has 1 unspecified atom stereocenters. The average Bonchev–Trinajstić information content (AvgIpc) is 2.46. The van der Waals surface area contributed by atoms with Gasteiger partial charge in [-0.15, -0.1) is 0 Å². The van der Waals surface area contributed by atoms with E-state index in [1.807, 2.05) is 12.1 Å². The zero-order valence-electron chi connectivity index (χ0n) is 12.1. The van der Waals surface area contributed by atoms with E-state index in [4.69, 9.17) is 11.6 Å². The molecule has 0 saturated carbocycles. The van der Waals surface area contributed by atoms with E-state index in [0.717, 1.165) is 0 Å². The molecule has 1 aromatic heterocycles. The van der Waals surface area contributed by atoms with Crippen LogP contribution in [0.4, 0.5) is 0 Å². The Hall–Kier alpha value is -2.14. The fourth-order valence-electron chi connectivity index (χ4n) is 2.06. The van der Waals surface area contributed by atoms with Crippen LogP contribution in [0.2, 0.25) is 5.15 Å². The molecule has 6 heteroatoms. The van der Waals surface area contributed by atoms with Crippen LogP contribution in [-0.4, -0.2) is 41.8 Å². The highest BCUT2D eigenvalue weighted by Crippen LogP contribution is 2.24. The van der Waals surface area contributed by atoms with E-state index < -0.39 is 6.04 Å². The molecule has 0 saturated heterocycles. The highest BCUT2D eigenvalue weighted by Gasteiger charge is 2.20. The van der Waals surface area contributed by atoms with Gasteiger partial charge < -0.3 is 10.2 Å². The summed E-state index contributed by atoms with van der Waals surface area (Å²) in [5, 5.41) is 4.44. The molecule has 1 N–H and O–H groups in total.